The molecule has 2 aromatic rings. The SMILES string of the molecule is Cc1ccc(C#N)c(NCc2ccc(S(C)(=O)=O)cc2)c1. The first-order chi connectivity index (χ1) is 9.90. The molecule has 0 aromatic heterocycles. The van der Waals surface area contributed by atoms with E-state index in [4.69, 9.17) is 5.26 Å². The van der Waals surface area contributed by atoms with Crippen molar-refractivity contribution in [2.45, 2.75) is 18.4 Å². The van der Waals surface area contributed by atoms with Gasteiger partial charge < -0.3 is 5.32 Å². The standard InChI is InChI=1S/C16H16N2O2S/c1-12-3-6-14(10-17)16(9-12)18-11-13-4-7-15(8-5-13)21(2,19)20/h3-9,18H,11H2,1-2H3. The molecule has 0 fully saturated rings. The molecule has 1 N–H and O–H groups in total. The van der Waals surface area contributed by atoms with Gasteiger partial charge in [0.2, 0.25) is 0 Å². The highest BCUT2D eigenvalue weighted by Gasteiger charge is 2.06. The summed E-state index contributed by atoms with van der Waals surface area (Å²) in [5.41, 5.74) is 3.40. The average Bonchev–Trinajstić information content (AvgIpc) is 2.45. The molecule has 0 unspecified atom stereocenters. The fourth-order valence-electron chi connectivity index (χ4n) is 1.95. The van der Waals surface area contributed by atoms with Crippen LogP contribution in [-0.4, -0.2) is 14.7 Å². The third kappa shape index (κ3) is 3.83. The Labute approximate surface area is 125 Å². The fourth-order valence-corrected chi connectivity index (χ4v) is 2.58. The molecule has 4 nitrogen and oxygen atoms in total. The van der Waals surface area contributed by atoms with Crippen LogP contribution < -0.4 is 5.32 Å². The van der Waals surface area contributed by atoms with Crippen LogP contribution in [0.4, 0.5) is 5.69 Å². The van der Waals surface area contributed by atoms with Crippen LogP contribution in [0.3, 0.4) is 0 Å². The smallest absolute Gasteiger partial charge is 0.175 e. The highest BCUT2D eigenvalue weighted by atomic mass is 32.2. The molecule has 0 aliphatic heterocycles. The number of aryl methyl sites for hydroxylation is 1. The molecule has 0 saturated carbocycles. The van der Waals surface area contributed by atoms with Crippen molar-refractivity contribution >= 4 is 15.5 Å². The lowest BCUT2D eigenvalue weighted by Crippen LogP contribution is -2.03. The van der Waals surface area contributed by atoms with E-state index in [-0.39, 0.29) is 0 Å². The van der Waals surface area contributed by atoms with Gasteiger partial charge in [-0.05, 0) is 42.3 Å². The van der Waals surface area contributed by atoms with Gasteiger partial charge >= 0.3 is 0 Å². The first kappa shape index (κ1) is 15.1. The zero-order valence-corrected chi connectivity index (χ0v) is 12.7. The molecule has 108 valence electrons. The molecule has 0 bridgehead atoms. The third-order valence-electron chi connectivity index (χ3n) is 3.13. The molecule has 0 aliphatic rings. The van der Waals surface area contributed by atoms with E-state index in [2.05, 4.69) is 11.4 Å². The topological polar surface area (TPSA) is 70.0 Å². The molecule has 0 radical (unpaired) electrons. The van der Waals surface area contributed by atoms with Crippen LogP contribution in [0, 0.1) is 18.3 Å². The molecule has 2 aromatic carbocycles. The van der Waals surface area contributed by atoms with E-state index in [0.717, 1.165) is 16.8 Å². The second kappa shape index (κ2) is 5.98. The summed E-state index contributed by atoms with van der Waals surface area (Å²) in [5.74, 6) is 0. The molecule has 0 amide bonds. The van der Waals surface area contributed by atoms with Crippen molar-refractivity contribution in [3.05, 3.63) is 59.2 Å². The molecule has 5 heteroatoms. The number of nitrogens with one attached hydrogen (secondary N) is 1. The summed E-state index contributed by atoms with van der Waals surface area (Å²) in [5, 5.41) is 12.3. The van der Waals surface area contributed by atoms with E-state index in [1.807, 2.05) is 19.1 Å². The van der Waals surface area contributed by atoms with Gasteiger partial charge in [-0.3, -0.25) is 0 Å². The lowest BCUT2D eigenvalue weighted by molar-refractivity contribution is 0.602. The zero-order valence-electron chi connectivity index (χ0n) is 11.9. The predicted octanol–water partition coefficient (Wildman–Crippen LogP) is 2.88. The van der Waals surface area contributed by atoms with Crippen molar-refractivity contribution in [2.75, 3.05) is 11.6 Å². The Morgan fingerprint density at radius 2 is 1.81 bits per heavy atom. The van der Waals surface area contributed by atoms with Gasteiger partial charge in [0.1, 0.15) is 6.07 Å². The molecule has 0 spiro atoms. The minimum Gasteiger partial charge on any atom is -0.380 e. The number of hydrogen-bond acceptors (Lipinski definition) is 4. The third-order valence-corrected chi connectivity index (χ3v) is 4.26. The summed E-state index contributed by atoms with van der Waals surface area (Å²) in [6.07, 6.45) is 1.19. The van der Waals surface area contributed by atoms with Crippen molar-refractivity contribution in [1.82, 2.24) is 0 Å². The lowest BCUT2D eigenvalue weighted by atomic mass is 10.1. The molecule has 2 rings (SSSR count). The van der Waals surface area contributed by atoms with Crippen LogP contribution in [0.2, 0.25) is 0 Å². The van der Waals surface area contributed by atoms with E-state index in [9.17, 15) is 8.42 Å². The van der Waals surface area contributed by atoms with Crippen molar-refractivity contribution in [2.24, 2.45) is 0 Å². The zero-order chi connectivity index (χ0) is 15.5. The maximum absolute atomic E-state index is 11.4. The van der Waals surface area contributed by atoms with Gasteiger partial charge in [0.25, 0.3) is 0 Å². The number of benzene rings is 2. The highest BCUT2D eigenvalue weighted by molar-refractivity contribution is 7.90. The summed E-state index contributed by atoms with van der Waals surface area (Å²) in [6.45, 7) is 2.50. The number of sulfone groups is 1. The lowest BCUT2D eigenvalue weighted by Gasteiger charge is -2.09. The van der Waals surface area contributed by atoms with Crippen molar-refractivity contribution in [3.63, 3.8) is 0 Å². The van der Waals surface area contributed by atoms with Crippen molar-refractivity contribution in [3.8, 4) is 6.07 Å². The first-order valence-corrected chi connectivity index (χ1v) is 8.33. The maximum atomic E-state index is 11.4. The van der Waals surface area contributed by atoms with Crippen LogP contribution in [-0.2, 0) is 16.4 Å². The highest BCUT2D eigenvalue weighted by Crippen LogP contribution is 2.18. The van der Waals surface area contributed by atoms with Gasteiger partial charge in [-0.15, -0.1) is 0 Å². The number of anilines is 1. The largest absolute Gasteiger partial charge is 0.380 e. The van der Waals surface area contributed by atoms with Gasteiger partial charge in [0, 0.05) is 12.8 Å². The summed E-state index contributed by atoms with van der Waals surface area (Å²) in [7, 11) is -3.17. The van der Waals surface area contributed by atoms with Crippen LogP contribution in [0.5, 0.6) is 0 Å². The Hall–Kier alpha value is -2.32. The van der Waals surface area contributed by atoms with Crippen LogP contribution in [0.15, 0.2) is 47.4 Å². The minimum absolute atomic E-state index is 0.305. The average molecular weight is 300 g/mol. The number of hydrogen-bond donors (Lipinski definition) is 1. The van der Waals surface area contributed by atoms with Gasteiger partial charge in [0.15, 0.2) is 9.84 Å². The first-order valence-electron chi connectivity index (χ1n) is 6.44. The Bertz CT molecular complexity index is 788. The van der Waals surface area contributed by atoms with Gasteiger partial charge in [0.05, 0.1) is 16.1 Å². The van der Waals surface area contributed by atoms with E-state index >= 15 is 0 Å². The molecular formula is C16H16N2O2S. The fraction of sp³-hybridized carbons (Fsp3) is 0.188. The van der Waals surface area contributed by atoms with Crippen LogP contribution in [0.25, 0.3) is 0 Å². The van der Waals surface area contributed by atoms with E-state index in [1.165, 1.54) is 6.26 Å². The molecule has 21 heavy (non-hydrogen) atoms. The minimum atomic E-state index is -3.17. The molecule has 0 aliphatic carbocycles. The van der Waals surface area contributed by atoms with Crippen LogP contribution in [0.1, 0.15) is 16.7 Å². The molecular weight excluding hydrogens is 284 g/mol. The number of nitrogens with zero attached hydrogens (tertiary/aromatic N) is 1. The Balaban J connectivity index is 2.14. The second-order valence-corrected chi connectivity index (χ2v) is 6.95. The Morgan fingerprint density at radius 1 is 1.14 bits per heavy atom. The monoisotopic (exact) mass is 300 g/mol. The van der Waals surface area contributed by atoms with Gasteiger partial charge in [-0.2, -0.15) is 5.26 Å². The number of nitriles is 1. The van der Waals surface area contributed by atoms with Crippen molar-refractivity contribution < 1.29 is 8.42 Å². The van der Waals surface area contributed by atoms with Crippen LogP contribution >= 0.6 is 0 Å². The Kier molecular flexibility index (Phi) is 4.29. The molecule has 0 saturated heterocycles. The number of rotatable bonds is 4. The summed E-state index contributed by atoms with van der Waals surface area (Å²) >= 11 is 0. The molecule has 0 atom stereocenters. The molecule has 0 heterocycles. The van der Waals surface area contributed by atoms with E-state index in [1.54, 1.807) is 30.3 Å². The predicted molar refractivity (Wildman–Crippen MR) is 82.8 cm³/mol. The van der Waals surface area contributed by atoms with Gasteiger partial charge in [-0.1, -0.05) is 18.2 Å². The maximum Gasteiger partial charge on any atom is 0.175 e. The Morgan fingerprint density at radius 3 is 2.38 bits per heavy atom. The van der Waals surface area contributed by atoms with E-state index < -0.39 is 9.84 Å². The quantitative estimate of drug-likeness (QED) is 0.942. The van der Waals surface area contributed by atoms with Gasteiger partial charge in [-0.25, -0.2) is 8.42 Å². The summed E-state index contributed by atoms with van der Waals surface area (Å²) < 4.78 is 22.8. The van der Waals surface area contributed by atoms with Crippen molar-refractivity contribution in [1.29, 1.82) is 5.26 Å². The summed E-state index contributed by atoms with van der Waals surface area (Å²) in [4.78, 5) is 0.305. The van der Waals surface area contributed by atoms with E-state index in [0.29, 0.717) is 17.0 Å². The summed E-state index contributed by atoms with van der Waals surface area (Å²) in [6, 6.07) is 14.5. The second-order valence-electron chi connectivity index (χ2n) is 4.93. The normalized spacial score (nSPS) is 10.9.